The van der Waals surface area contributed by atoms with Crippen molar-refractivity contribution in [3.8, 4) is 0 Å². The van der Waals surface area contributed by atoms with Gasteiger partial charge in [0.05, 0.1) is 6.21 Å². The van der Waals surface area contributed by atoms with Crippen LogP contribution >= 0.6 is 0 Å². The van der Waals surface area contributed by atoms with E-state index in [0.29, 0.717) is 18.6 Å². The molecule has 0 heterocycles. The summed E-state index contributed by atoms with van der Waals surface area (Å²) in [6, 6.07) is 0. The van der Waals surface area contributed by atoms with Gasteiger partial charge in [0.15, 0.2) is 6.29 Å². The molecular formula is C14H21NO2. The first kappa shape index (κ1) is 12.5. The van der Waals surface area contributed by atoms with Gasteiger partial charge in [0.2, 0.25) is 5.91 Å². The summed E-state index contributed by atoms with van der Waals surface area (Å²) in [4.78, 5) is 25.4. The molecule has 2 fully saturated rings. The summed E-state index contributed by atoms with van der Waals surface area (Å²) < 4.78 is 0. The fourth-order valence-electron chi connectivity index (χ4n) is 3.68. The van der Waals surface area contributed by atoms with Crippen LogP contribution in [0.25, 0.3) is 0 Å². The fourth-order valence-corrected chi connectivity index (χ4v) is 3.68. The van der Waals surface area contributed by atoms with Crippen molar-refractivity contribution in [2.75, 3.05) is 0 Å². The van der Waals surface area contributed by atoms with Crippen molar-refractivity contribution < 1.29 is 9.59 Å². The summed E-state index contributed by atoms with van der Waals surface area (Å²) in [5, 5.41) is 0. The van der Waals surface area contributed by atoms with Gasteiger partial charge in [-0.3, -0.25) is 9.59 Å². The number of nitrogens with zero attached hydrogens (tertiary/aromatic N) is 1. The molecule has 4 unspecified atom stereocenters. The van der Waals surface area contributed by atoms with Gasteiger partial charge in [-0.2, -0.15) is 0 Å². The lowest BCUT2D eigenvalue weighted by Crippen LogP contribution is -2.22. The second-order valence-corrected chi connectivity index (χ2v) is 6.30. The van der Waals surface area contributed by atoms with E-state index >= 15 is 0 Å². The Morgan fingerprint density at radius 1 is 1.35 bits per heavy atom. The van der Waals surface area contributed by atoms with Crippen molar-refractivity contribution in [3.05, 3.63) is 0 Å². The third-order valence-electron chi connectivity index (χ3n) is 4.23. The number of hydrogen-bond donors (Lipinski definition) is 0. The topological polar surface area (TPSA) is 46.5 Å². The molecule has 2 aliphatic rings. The highest BCUT2D eigenvalue weighted by atomic mass is 16.1. The summed E-state index contributed by atoms with van der Waals surface area (Å²) in [5.74, 6) is 2.32. The molecule has 0 aliphatic heterocycles. The molecular weight excluding hydrogens is 214 g/mol. The largest absolute Gasteiger partial charge is 0.297 e. The molecule has 4 atom stereocenters. The van der Waals surface area contributed by atoms with Gasteiger partial charge >= 0.3 is 0 Å². The Labute approximate surface area is 103 Å². The molecule has 94 valence electrons. The summed E-state index contributed by atoms with van der Waals surface area (Å²) in [6.07, 6.45) is 7.06. The summed E-state index contributed by atoms with van der Waals surface area (Å²) >= 11 is 0. The van der Waals surface area contributed by atoms with Crippen molar-refractivity contribution in [1.29, 1.82) is 0 Å². The zero-order valence-corrected chi connectivity index (χ0v) is 10.7. The Balaban J connectivity index is 1.98. The molecule has 0 aromatic carbocycles. The maximum Gasteiger partial charge on any atom is 0.246 e. The number of carbonyl (C=O) groups is 2. The van der Waals surface area contributed by atoms with E-state index in [1.54, 1.807) is 0 Å². The molecule has 0 N–H and O–H groups in total. The molecule has 17 heavy (non-hydrogen) atoms. The van der Waals surface area contributed by atoms with E-state index in [-0.39, 0.29) is 11.3 Å². The zero-order chi connectivity index (χ0) is 12.5. The van der Waals surface area contributed by atoms with Crippen LogP contribution < -0.4 is 0 Å². The number of amides is 1. The highest BCUT2D eigenvalue weighted by Gasteiger charge is 2.46. The van der Waals surface area contributed by atoms with E-state index in [0.717, 1.165) is 30.9 Å². The van der Waals surface area contributed by atoms with Crippen LogP contribution in [0.5, 0.6) is 0 Å². The van der Waals surface area contributed by atoms with Gasteiger partial charge in [-0.15, -0.1) is 0 Å². The Bertz CT molecular complexity index is 346. The molecule has 0 saturated heterocycles. The quantitative estimate of drug-likeness (QED) is 0.557. The second-order valence-electron chi connectivity index (χ2n) is 6.30. The van der Waals surface area contributed by atoms with Crippen LogP contribution in [0.2, 0.25) is 0 Å². The Kier molecular flexibility index (Phi) is 3.45. The lowest BCUT2D eigenvalue weighted by molar-refractivity contribution is -0.120. The molecule has 2 rings (SSSR count). The van der Waals surface area contributed by atoms with Crippen LogP contribution in [0.1, 0.15) is 46.0 Å². The number of aliphatic imine (C=N–C) groups is 1. The maximum atomic E-state index is 11.7. The number of carbonyl (C=O) groups excluding carboxylic acids is 2. The third-order valence-corrected chi connectivity index (χ3v) is 4.23. The van der Waals surface area contributed by atoms with Crippen molar-refractivity contribution in [2.24, 2.45) is 28.2 Å². The minimum absolute atomic E-state index is 0.0899. The smallest absolute Gasteiger partial charge is 0.246 e. The van der Waals surface area contributed by atoms with Crippen LogP contribution in [-0.4, -0.2) is 18.4 Å². The molecule has 0 spiro atoms. The summed E-state index contributed by atoms with van der Waals surface area (Å²) in [6.45, 7) is 4.50. The number of hydrogen-bond acceptors (Lipinski definition) is 2. The van der Waals surface area contributed by atoms with Crippen LogP contribution in [0, 0.1) is 23.2 Å². The van der Waals surface area contributed by atoms with Gasteiger partial charge in [-0.05, 0) is 48.9 Å². The van der Waals surface area contributed by atoms with E-state index in [1.165, 1.54) is 12.8 Å². The predicted octanol–water partition coefficient (Wildman–Crippen LogP) is 2.64. The molecule has 0 bridgehead atoms. The molecule has 1 amide bonds. The van der Waals surface area contributed by atoms with Gasteiger partial charge in [0.25, 0.3) is 0 Å². The van der Waals surface area contributed by atoms with Crippen LogP contribution in [0.3, 0.4) is 0 Å². The van der Waals surface area contributed by atoms with E-state index in [2.05, 4.69) is 18.8 Å². The zero-order valence-electron chi connectivity index (χ0n) is 10.7. The average molecular weight is 235 g/mol. The molecule has 2 aliphatic carbocycles. The Morgan fingerprint density at radius 3 is 2.82 bits per heavy atom. The van der Waals surface area contributed by atoms with E-state index in [1.807, 2.05) is 0 Å². The normalized spacial score (nSPS) is 40.7. The molecule has 2 saturated carbocycles. The van der Waals surface area contributed by atoms with Crippen molar-refractivity contribution in [2.45, 2.75) is 46.0 Å². The van der Waals surface area contributed by atoms with Crippen molar-refractivity contribution >= 4 is 18.4 Å². The van der Waals surface area contributed by atoms with Crippen LogP contribution in [0.4, 0.5) is 0 Å². The van der Waals surface area contributed by atoms with Gasteiger partial charge < -0.3 is 0 Å². The van der Waals surface area contributed by atoms with Gasteiger partial charge in [0.1, 0.15) is 0 Å². The molecule has 0 aromatic heterocycles. The highest BCUT2D eigenvalue weighted by molar-refractivity contribution is 6.16. The monoisotopic (exact) mass is 235 g/mol. The molecule has 3 heteroatoms. The lowest BCUT2D eigenvalue weighted by Gasteiger charge is -2.29. The van der Waals surface area contributed by atoms with Gasteiger partial charge in [-0.1, -0.05) is 13.8 Å². The van der Waals surface area contributed by atoms with Crippen LogP contribution in [0.15, 0.2) is 4.99 Å². The van der Waals surface area contributed by atoms with Crippen molar-refractivity contribution in [1.82, 2.24) is 0 Å². The molecule has 0 aromatic rings. The number of aldehydes is 1. The lowest BCUT2D eigenvalue weighted by atomic mass is 9.75. The standard InChI is InChI=1S/C14H21NO2/c1-10-5-11-6-12(11)8-14(2,7-10)9-13(17)15-3-4-16/h3-4,10-12H,5-9H2,1-2H3. The summed E-state index contributed by atoms with van der Waals surface area (Å²) in [5.41, 5.74) is 0.0899. The Morgan fingerprint density at radius 2 is 2.12 bits per heavy atom. The van der Waals surface area contributed by atoms with Crippen LogP contribution in [-0.2, 0) is 9.59 Å². The highest BCUT2D eigenvalue weighted by Crippen LogP contribution is 2.55. The summed E-state index contributed by atoms with van der Waals surface area (Å²) in [7, 11) is 0. The minimum atomic E-state index is -0.147. The van der Waals surface area contributed by atoms with Gasteiger partial charge in [-0.25, -0.2) is 4.99 Å². The first-order chi connectivity index (χ1) is 8.02. The number of fused-ring (bicyclic) bond motifs is 1. The van der Waals surface area contributed by atoms with E-state index in [4.69, 9.17) is 0 Å². The first-order valence-electron chi connectivity index (χ1n) is 6.53. The number of rotatable bonds is 3. The van der Waals surface area contributed by atoms with E-state index in [9.17, 15) is 9.59 Å². The first-order valence-corrected chi connectivity index (χ1v) is 6.53. The molecule has 3 nitrogen and oxygen atoms in total. The minimum Gasteiger partial charge on any atom is -0.297 e. The predicted molar refractivity (Wildman–Crippen MR) is 66.9 cm³/mol. The second kappa shape index (κ2) is 4.71. The SMILES string of the molecule is CC1CC2CC2CC(C)(CC(=O)N=CC=O)C1. The molecule has 0 radical (unpaired) electrons. The Hall–Kier alpha value is -0.990. The van der Waals surface area contributed by atoms with Gasteiger partial charge in [0, 0.05) is 6.42 Å². The average Bonchev–Trinajstić information content (AvgIpc) is 2.91. The van der Waals surface area contributed by atoms with Crippen molar-refractivity contribution in [3.63, 3.8) is 0 Å². The van der Waals surface area contributed by atoms with E-state index < -0.39 is 0 Å². The maximum absolute atomic E-state index is 11.7. The third kappa shape index (κ3) is 3.24. The fraction of sp³-hybridized carbons (Fsp3) is 0.786.